The molecule has 2 aromatic rings. The van der Waals surface area contributed by atoms with Crippen LogP contribution in [0.5, 0.6) is 5.75 Å². The van der Waals surface area contributed by atoms with E-state index in [1.54, 1.807) is 19.1 Å². The Bertz CT molecular complexity index is 1070. The van der Waals surface area contributed by atoms with Crippen LogP contribution in [0.1, 0.15) is 35.7 Å². The highest BCUT2D eigenvalue weighted by molar-refractivity contribution is 6.31. The smallest absolute Gasteiger partial charge is 0.338 e. The van der Waals surface area contributed by atoms with Crippen LogP contribution in [0.15, 0.2) is 36.4 Å². The van der Waals surface area contributed by atoms with Gasteiger partial charge < -0.3 is 14.8 Å². The molecule has 1 atom stereocenters. The minimum atomic E-state index is -1.09. The minimum Gasteiger partial charge on any atom is -0.495 e. The molecule has 1 aliphatic rings. The Balaban J connectivity index is 1.64. The van der Waals surface area contributed by atoms with Gasteiger partial charge in [-0.15, -0.1) is 0 Å². The van der Waals surface area contributed by atoms with Crippen LogP contribution in [-0.2, 0) is 19.1 Å². The fourth-order valence-electron chi connectivity index (χ4n) is 2.98. The van der Waals surface area contributed by atoms with E-state index in [9.17, 15) is 19.2 Å². The maximum Gasteiger partial charge on any atom is 0.338 e. The molecule has 0 spiro atoms. The number of esters is 1. The Labute approximate surface area is 189 Å². The van der Waals surface area contributed by atoms with Gasteiger partial charge in [0.2, 0.25) is 11.8 Å². The summed E-state index contributed by atoms with van der Waals surface area (Å²) < 4.78 is 10.5. The zero-order valence-electron chi connectivity index (χ0n) is 17.7. The molecule has 168 valence electrons. The Hall–Kier alpha value is -3.59. The van der Waals surface area contributed by atoms with E-state index in [1.807, 2.05) is 0 Å². The molecule has 0 aliphatic carbocycles. The molecular weight excluding hydrogens is 438 g/mol. The van der Waals surface area contributed by atoms with Gasteiger partial charge in [-0.2, -0.15) is 0 Å². The largest absolute Gasteiger partial charge is 0.495 e. The first-order chi connectivity index (χ1) is 15.2. The molecule has 0 radical (unpaired) electrons. The van der Waals surface area contributed by atoms with Crippen LogP contribution in [0.25, 0.3) is 0 Å². The quantitative estimate of drug-likeness (QED) is 0.642. The van der Waals surface area contributed by atoms with E-state index in [0.717, 1.165) is 10.6 Å². The molecule has 3 amide bonds. The molecule has 1 fully saturated rings. The first-order valence-electron chi connectivity index (χ1n) is 9.78. The van der Waals surface area contributed by atoms with Gasteiger partial charge in [0.15, 0.2) is 6.10 Å². The number of ether oxygens (including phenoxy) is 2. The van der Waals surface area contributed by atoms with E-state index in [4.69, 9.17) is 21.1 Å². The average Bonchev–Trinajstić information content (AvgIpc) is 2.77. The highest BCUT2D eigenvalue weighted by Crippen LogP contribution is 2.31. The number of hydrogen-bond donors (Lipinski definition) is 2. The summed E-state index contributed by atoms with van der Waals surface area (Å²) in [5.74, 6) is -1.40. The van der Waals surface area contributed by atoms with Crippen molar-refractivity contribution < 1.29 is 28.7 Å². The van der Waals surface area contributed by atoms with Crippen LogP contribution in [0.3, 0.4) is 0 Å². The van der Waals surface area contributed by atoms with Crippen molar-refractivity contribution in [2.45, 2.75) is 32.8 Å². The number of anilines is 2. The monoisotopic (exact) mass is 459 g/mol. The van der Waals surface area contributed by atoms with Crippen molar-refractivity contribution in [3.05, 3.63) is 52.5 Å². The number of benzene rings is 2. The molecule has 2 N–H and O–H groups in total. The van der Waals surface area contributed by atoms with E-state index in [0.29, 0.717) is 22.1 Å². The van der Waals surface area contributed by atoms with E-state index in [2.05, 4.69) is 10.7 Å². The predicted octanol–water partition coefficient (Wildman–Crippen LogP) is 3.00. The van der Waals surface area contributed by atoms with Crippen molar-refractivity contribution in [2.75, 3.05) is 17.4 Å². The van der Waals surface area contributed by atoms with E-state index in [-0.39, 0.29) is 30.2 Å². The SMILES string of the molecule is COc1cc(Cl)c(C)cc1NC(=O)C(C)OC(=O)c1ccc(N2NC(=O)CCC2=O)cc1. The van der Waals surface area contributed by atoms with E-state index in [1.165, 1.54) is 38.3 Å². The van der Waals surface area contributed by atoms with Crippen LogP contribution < -0.4 is 20.5 Å². The van der Waals surface area contributed by atoms with Crippen molar-refractivity contribution in [3.63, 3.8) is 0 Å². The number of amides is 3. The molecule has 3 rings (SSSR count). The van der Waals surface area contributed by atoms with Gasteiger partial charge in [0, 0.05) is 23.9 Å². The first kappa shape index (κ1) is 23.1. The number of rotatable bonds is 6. The zero-order chi connectivity index (χ0) is 23.4. The van der Waals surface area contributed by atoms with Crippen molar-refractivity contribution in [1.29, 1.82) is 0 Å². The van der Waals surface area contributed by atoms with Crippen LogP contribution in [-0.4, -0.2) is 36.9 Å². The number of nitrogens with one attached hydrogen (secondary N) is 2. The predicted molar refractivity (Wildman–Crippen MR) is 118 cm³/mol. The second kappa shape index (κ2) is 9.69. The number of carbonyl (C=O) groups is 4. The van der Waals surface area contributed by atoms with Gasteiger partial charge in [-0.3, -0.25) is 19.8 Å². The van der Waals surface area contributed by atoms with Gasteiger partial charge in [0.1, 0.15) is 5.75 Å². The number of halogens is 1. The molecule has 9 nitrogen and oxygen atoms in total. The maximum atomic E-state index is 12.5. The molecule has 1 unspecified atom stereocenters. The van der Waals surface area contributed by atoms with Gasteiger partial charge in [0.05, 0.1) is 24.0 Å². The zero-order valence-corrected chi connectivity index (χ0v) is 18.5. The van der Waals surface area contributed by atoms with E-state index < -0.39 is 18.0 Å². The lowest BCUT2D eigenvalue weighted by atomic mass is 10.1. The van der Waals surface area contributed by atoms with Crippen molar-refractivity contribution in [3.8, 4) is 5.75 Å². The number of nitrogens with zero attached hydrogens (tertiary/aromatic N) is 1. The van der Waals surface area contributed by atoms with Crippen molar-refractivity contribution in [1.82, 2.24) is 5.43 Å². The molecule has 1 aliphatic heterocycles. The lowest BCUT2D eigenvalue weighted by Gasteiger charge is -2.27. The summed E-state index contributed by atoms with van der Waals surface area (Å²) in [6.07, 6.45) is -0.840. The second-order valence-corrected chi connectivity index (χ2v) is 7.56. The standard InChI is InChI=1S/C22H22ClN3O6/c1-12-10-17(18(31-3)11-16(12)23)24-21(29)13(2)32-22(30)14-4-6-15(7-5-14)26-20(28)9-8-19(27)25-26/h4-7,10-11,13H,8-9H2,1-3H3,(H,24,29)(H,25,27). The molecule has 0 saturated carbocycles. The summed E-state index contributed by atoms with van der Waals surface area (Å²) in [6.45, 7) is 3.23. The summed E-state index contributed by atoms with van der Waals surface area (Å²) >= 11 is 6.07. The third-order valence-corrected chi connectivity index (χ3v) is 5.21. The van der Waals surface area contributed by atoms with Crippen molar-refractivity contribution in [2.24, 2.45) is 0 Å². The Morgan fingerprint density at radius 1 is 1.16 bits per heavy atom. The Kier molecular flexibility index (Phi) is 6.99. The summed E-state index contributed by atoms with van der Waals surface area (Å²) in [7, 11) is 1.45. The Morgan fingerprint density at radius 2 is 1.84 bits per heavy atom. The van der Waals surface area contributed by atoms with Crippen LogP contribution in [0, 0.1) is 6.92 Å². The van der Waals surface area contributed by atoms with Crippen LogP contribution >= 0.6 is 11.6 Å². The highest BCUT2D eigenvalue weighted by Gasteiger charge is 2.25. The third-order valence-electron chi connectivity index (χ3n) is 4.80. The normalized spacial score (nSPS) is 14.4. The fourth-order valence-corrected chi connectivity index (χ4v) is 3.13. The fraction of sp³-hybridized carbons (Fsp3) is 0.273. The van der Waals surface area contributed by atoms with Gasteiger partial charge in [-0.1, -0.05) is 11.6 Å². The summed E-state index contributed by atoms with van der Waals surface area (Å²) in [5, 5.41) is 4.29. The lowest BCUT2D eigenvalue weighted by molar-refractivity contribution is -0.130. The molecule has 0 bridgehead atoms. The molecule has 32 heavy (non-hydrogen) atoms. The van der Waals surface area contributed by atoms with Crippen LogP contribution in [0.2, 0.25) is 5.02 Å². The van der Waals surface area contributed by atoms with Crippen molar-refractivity contribution >= 4 is 46.7 Å². The molecule has 2 aromatic carbocycles. The Morgan fingerprint density at radius 3 is 2.50 bits per heavy atom. The maximum absolute atomic E-state index is 12.5. The van der Waals surface area contributed by atoms with Gasteiger partial charge in [0.25, 0.3) is 5.91 Å². The average molecular weight is 460 g/mol. The summed E-state index contributed by atoms with van der Waals surface area (Å²) in [6, 6.07) is 9.15. The molecule has 1 saturated heterocycles. The number of hydrazine groups is 1. The number of aryl methyl sites for hydroxylation is 1. The topological polar surface area (TPSA) is 114 Å². The number of methoxy groups -OCH3 is 1. The minimum absolute atomic E-state index is 0.111. The molecule has 0 aromatic heterocycles. The molecule has 10 heteroatoms. The third kappa shape index (κ3) is 5.17. The van der Waals surface area contributed by atoms with Gasteiger partial charge in [-0.05, 0) is 49.7 Å². The number of carbonyl (C=O) groups excluding carboxylic acids is 4. The molecule has 1 heterocycles. The number of hydrogen-bond acceptors (Lipinski definition) is 6. The lowest BCUT2D eigenvalue weighted by Crippen LogP contribution is -2.50. The van der Waals surface area contributed by atoms with E-state index >= 15 is 0 Å². The summed E-state index contributed by atoms with van der Waals surface area (Å²) in [5.41, 5.74) is 4.22. The highest BCUT2D eigenvalue weighted by atomic mass is 35.5. The van der Waals surface area contributed by atoms with Crippen LogP contribution in [0.4, 0.5) is 11.4 Å². The molecular formula is C22H22ClN3O6. The van der Waals surface area contributed by atoms with Gasteiger partial charge >= 0.3 is 5.97 Å². The second-order valence-electron chi connectivity index (χ2n) is 7.15. The first-order valence-corrected chi connectivity index (χ1v) is 10.2. The van der Waals surface area contributed by atoms with Gasteiger partial charge in [-0.25, -0.2) is 9.80 Å². The summed E-state index contributed by atoms with van der Waals surface area (Å²) in [4.78, 5) is 48.5.